The lowest BCUT2D eigenvalue weighted by atomic mass is 10.1. The molecule has 0 aliphatic heterocycles. The monoisotopic (exact) mass is 229 g/mol. The molecule has 0 aromatic carbocycles. The van der Waals surface area contributed by atoms with Gasteiger partial charge in [-0.1, -0.05) is 19.8 Å². The number of nitrogens with one attached hydrogen (secondary N) is 1. The number of hydrogen-bond donors (Lipinski definition) is 1. The molecule has 0 aromatic heterocycles. The van der Waals surface area contributed by atoms with Gasteiger partial charge in [-0.05, 0) is 56.6 Å². The molecule has 1 nitrogen and oxygen atoms in total. The van der Waals surface area contributed by atoms with Gasteiger partial charge < -0.3 is 5.32 Å². The second-order valence-corrected chi connectivity index (χ2v) is 5.96. The van der Waals surface area contributed by atoms with E-state index in [4.69, 9.17) is 0 Å². The maximum atomic E-state index is 3.70. The fourth-order valence-electron chi connectivity index (χ4n) is 2.42. The van der Waals surface area contributed by atoms with Gasteiger partial charge in [0.15, 0.2) is 0 Å². The molecule has 1 aliphatic carbocycles. The molecule has 0 spiro atoms. The summed E-state index contributed by atoms with van der Waals surface area (Å²) in [5.74, 6) is 2.30. The van der Waals surface area contributed by atoms with E-state index in [-0.39, 0.29) is 0 Å². The highest BCUT2D eigenvalue weighted by Crippen LogP contribution is 2.24. The zero-order chi connectivity index (χ0) is 10.9. The van der Waals surface area contributed by atoms with Crippen LogP contribution in [0.3, 0.4) is 0 Å². The first-order valence-corrected chi connectivity index (χ1v) is 7.94. The topological polar surface area (TPSA) is 12.0 Å². The molecule has 0 radical (unpaired) electrons. The van der Waals surface area contributed by atoms with Crippen molar-refractivity contribution in [3.63, 3.8) is 0 Å². The summed E-state index contributed by atoms with van der Waals surface area (Å²) in [5.41, 5.74) is 0. The molecule has 15 heavy (non-hydrogen) atoms. The van der Waals surface area contributed by atoms with Gasteiger partial charge in [0.05, 0.1) is 0 Å². The quantitative estimate of drug-likeness (QED) is 0.637. The van der Waals surface area contributed by atoms with Gasteiger partial charge in [-0.25, -0.2) is 0 Å². The predicted octanol–water partition coefficient (Wildman–Crippen LogP) is 3.69. The largest absolute Gasteiger partial charge is 0.314 e. The fourth-order valence-corrected chi connectivity index (χ4v) is 2.92. The van der Waals surface area contributed by atoms with Crippen LogP contribution in [0.4, 0.5) is 0 Å². The zero-order valence-electron chi connectivity index (χ0n) is 10.4. The minimum Gasteiger partial charge on any atom is -0.314 e. The smallest absolute Gasteiger partial charge is 0.00696 e. The summed E-state index contributed by atoms with van der Waals surface area (Å²) in [7, 11) is 0. The van der Waals surface area contributed by atoms with Gasteiger partial charge in [0.1, 0.15) is 0 Å². The van der Waals surface area contributed by atoms with E-state index in [0.29, 0.717) is 0 Å². The molecule has 0 saturated heterocycles. The van der Waals surface area contributed by atoms with Crippen LogP contribution in [0.15, 0.2) is 0 Å². The Balaban J connectivity index is 1.81. The minimum absolute atomic E-state index is 0.839. The molecule has 0 bridgehead atoms. The van der Waals surface area contributed by atoms with Crippen molar-refractivity contribution in [1.82, 2.24) is 5.32 Å². The van der Waals surface area contributed by atoms with Crippen LogP contribution in [0, 0.1) is 5.92 Å². The molecule has 1 rings (SSSR count). The molecular formula is C13H27NS. The molecule has 0 aromatic rings. The molecule has 0 amide bonds. The Kier molecular flexibility index (Phi) is 7.54. The minimum atomic E-state index is 0.839. The van der Waals surface area contributed by atoms with Crippen LogP contribution in [0.25, 0.3) is 0 Å². The first-order chi connectivity index (χ1) is 7.33. The molecule has 1 fully saturated rings. The van der Waals surface area contributed by atoms with E-state index in [1.165, 1.54) is 57.2 Å². The van der Waals surface area contributed by atoms with Gasteiger partial charge in [0, 0.05) is 6.04 Å². The lowest BCUT2D eigenvalue weighted by Gasteiger charge is -2.11. The van der Waals surface area contributed by atoms with Crippen molar-refractivity contribution in [3.05, 3.63) is 0 Å². The third-order valence-corrected chi connectivity index (χ3v) is 4.10. The highest BCUT2D eigenvalue weighted by atomic mass is 32.2. The van der Waals surface area contributed by atoms with Crippen LogP contribution in [0.2, 0.25) is 0 Å². The number of thioether (sulfide) groups is 1. The van der Waals surface area contributed by atoms with E-state index in [0.717, 1.165) is 12.0 Å². The number of unbranched alkanes of at least 4 members (excludes halogenated alkanes) is 3. The Hall–Kier alpha value is 0.310. The second-order valence-electron chi connectivity index (χ2n) is 4.98. The molecule has 90 valence electrons. The van der Waals surface area contributed by atoms with E-state index < -0.39 is 0 Å². The molecule has 1 N–H and O–H groups in total. The van der Waals surface area contributed by atoms with Gasteiger partial charge in [0.25, 0.3) is 0 Å². The first-order valence-electron chi connectivity index (χ1n) is 6.55. The Bertz CT molecular complexity index is 149. The second kappa shape index (κ2) is 8.46. The third-order valence-electron chi connectivity index (χ3n) is 3.40. The van der Waals surface area contributed by atoms with Crippen molar-refractivity contribution >= 4 is 11.8 Å². The van der Waals surface area contributed by atoms with Gasteiger partial charge >= 0.3 is 0 Å². The average molecular weight is 229 g/mol. The van der Waals surface area contributed by atoms with Crippen molar-refractivity contribution in [2.45, 2.75) is 57.9 Å². The molecule has 1 aliphatic rings. The zero-order valence-corrected chi connectivity index (χ0v) is 11.2. The molecular weight excluding hydrogens is 202 g/mol. The molecule has 2 heteroatoms. The summed E-state index contributed by atoms with van der Waals surface area (Å²) >= 11 is 1.97. The molecule has 2 atom stereocenters. The highest BCUT2D eigenvalue weighted by molar-refractivity contribution is 7.98. The number of hydrogen-bond acceptors (Lipinski definition) is 2. The van der Waals surface area contributed by atoms with Crippen LogP contribution >= 0.6 is 11.8 Å². The summed E-state index contributed by atoms with van der Waals surface area (Å²) in [6.45, 7) is 3.63. The molecule has 2 unspecified atom stereocenters. The van der Waals surface area contributed by atoms with Gasteiger partial charge in [-0.15, -0.1) is 0 Å². The van der Waals surface area contributed by atoms with Crippen LogP contribution in [-0.4, -0.2) is 24.6 Å². The standard InChI is InChI=1S/C13H27NS/c1-12-7-8-13(11-12)14-9-5-3-4-6-10-15-2/h12-14H,3-11H2,1-2H3. The molecule has 0 heterocycles. The van der Waals surface area contributed by atoms with Crippen LogP contribution < -0.4 is 5.32 Å². The SMILES string of the molecule is CSCCCCCCNC1CCC(C)C1. The van der Waals surface area contributed by atoms with Gasteiger partial charge in [-0.2, -0.15) is 11.8 Å². The lowest BCUT2D eigenvalue weighted by Crippen LogP contribution is -2.27. The van der Waals surface area contributed by atoms with E-state index >= 15 is 0 Å². The summed E-state index contributed by atoms with van der Waals surface area (Å²) in [4.78, 5) is 0. The van der Waals surface area contributed by atoms with E-state index in [1.54, 1.807) is 0 Å². The summed E-state index contributed by atoms with van der Waals surface area (Å²) in [6.07, 6.45) is 12.1. The third kappa shape index (κ3) is 6.47. The van der Waals surface area contributed by atoms with E-state index in [2.05, 4.69) is 18.5 Å². The molecule has 1 saturated carbocycles. The van der Waals surface area contributed by atoms with E-state index in [1.807, 2.05) is 11.8 Å². The van der Waals surface area contributed by atoms with Crippen molar-refractivity contribution in [2.75, 3.05) is 18.6 Å². The van der Waals surface area contributed by atoms with Gasteiger partial charge in [-0.3, -0.25) is 0 Å². The summed E-state index contributed by atoms with van der Waals surface area (Å²) in [6, 6.07) is 0.839. The highest BCUT2D eigenvalue weighted by Gasteiger charge is 2.19. The summed E-state index contributed by atoms with van der Waals surface area (Å²) < 4.78 is 0. The Morgan fingerprint density at radius 3 is 2.60 bits per heavy atom. The van der Waals surface area contributed by atoms with Gasteiger partial charge in [0.2, 0.25) is 0 Å². The maximum absolute atomic E-state index is 3.70. The predicted molar refractivity (Wildman–Crippen MR) is 71.7 cm³/mol. The summed E-state index contributed by atoms with van der Waals surface area (Å²) in [5, 5.41) is 3.70. The van der Waals surface area contributed by atoms with Crippen LogP contribution in [0.5, 0.6) is 0 Å². The van der Waals surface area contributed by atoms with Crippen LogP contribution in [-0.2, 0) is 0 Å². The van der Waals surface area contributed by atoms with Crippen molar-refractivity contribution in [2.24, 2.45) is 5.92 Å². The normalized spacial score (nSPS) is 26.0. The first kappa shape index (κ1) is 13.4. The lowest BCUT2D eigenvalue weighted by molar-refractivity contribution is 0.486. The Labute approximate surface area is 99.8 Å². The van der Waals surface area contributed by atoms with Crippen LogP contribution in [0.1, 0.15) is 51.9 Å². The maximum Gasteiger partial charge on any atom is 0.00696 e. The Morgan fingerprint density at radius 1 is 1.13 bits per heavy atom. The van der Waals surface area contributed by atoms with Crippen molar-refractivity contribution in [1.29, 1.82) is 0 Å². The van der Waals surface area contributed by atoms with E-state index in [9.17, 15) is 0 Å². The Morgan fingerprint density at radius 2 is 1.93 bits per heavy atom. The van der Waals surface area contributed by atoms with Crippen molar-refractivity contribution in [3.8, 4) is 0 Å². The number of rotatable bonds is 8. The average Bonchev–Trinajstić information content (AvgIpc) is 2.63. The van der Waals surface area contributed by atoms with Crippen molar-refractivity contribution < 1.29 is 0 Å². The fraction of sp³-hybridized carbons (Fsp3) is 1.00.